The fourth-order valence-corrected chi connectivity index (χ4v) is 4.35. The lowest BCUT2D eigenvalue weighted by Gasteiger charge is -2.12. The molecule has 1 aliphatic rings. The maximum absolute atomic E-state index is 12.7. The number of hydrazine groups is 1. The summed E-state index contributed by atoms with van der Waals surface area (Å²) in [7, 11) is -6.90. The molecule has 0 bridgehead atoms. The van der Waals surface area contributed by atoms with E-state index in [0.29, 0.717) is 6.42 Å². The minimum Gasteiger partial charge on any atom is -0.240 e. The number of hydrogen-bond donors (Lipinski definition) is 2. The summed E-state index contributed by atoms with van der Waals surface area (Å²) in [5, 5.41) is 0. The van der Waals surface area contributed by atoms with Gasteiger partial charge in [-0.05, 0) is 30.7 Å². The molecule has 106 valence electrons. The molecule has 9 heteroatoms. The van der Waals surface area contributed by atoms with E-state index in [2.05, 4.69) is 10.3 Å². The second kappa shape index (κ2) is 5.16. The van der Waals surface area contributed by atoms with Gasteiger partial charge in [0, 0.05) is 6.04 Å². The first-order chi connectivity index (χ1) is 8.78. The molecule has 1 saturated heterocycles. The van der Waals surface area contributed by atoms with E-state index in [-0.39, 0.29) is 16.4 Å². The summed E-state index contributed by atoms with van der Waals surface area (Å²) >= 11 is 0. The summed E-state index contributed by atoms with van der Waals surface area (Å²) in [5.41, 5.74) is 2.48. The van der Waals surface area contributed by atoms with Crippen molar-refractivity contribution in [1.29, 1.82) is 0 Å². The van der Waals surface area contributed by atoms with E-state index in [1.165, 1.54) is 0 Å². The highest BCUT2D eigenvalue weighted by molar-refractivity contribution is 7.91. The van der Waals surface area contributed by atoms with E-state index in [1.54, 1.807) is 0 Å². The third-order valence-electron chi connectivity index (χ3n) is 2.75. The third kappa shape index (κ3) is 3.72. The molecule has 0 aromatic heterocycles. The molecule has 0 spiro atoms. The molecule has 2 rings (SSSR count). The molecule has 1 atom stereocenters. The van der Waals surface area contributed by atoms with Crippen LogP contribution in [0.5, 0.6) is 0 Å². The van der Waals surface area contributed by atoms with Gasteiger partial charge in [0.1, 0.15) is 5.82 Å². The highest BCUT2D eigenvalue weighted by Gasteiger charge is 2.28. The Morgan fingerprint density at radius 3 is 2.37 bits per heavy atom. The van der Waals surface area contributed by atoms with Crippen LogP contribution in [0.15, 0.2) is 29.2 Å². The lowest BCUT2D eigenvalue weighted by Crippen LogP contribution is -2.44. The van der Waals surface area contributed by atoms with Crippen molar-refractivity contribution in [1.82, 2.24) is 10.3 Å². The molecule has 0 saturated carbocycles. The summed E-state index contributed by atoms with van der Waals surface area (Å²) in [5.74, 6) is -0.587. The Kier molecular flexibility index (Phi) is 3.90. The molecular weight excluding hydrogens is 295 g/mol. The van der Waals surface area contributed by atoms with Gasteiger partial charge < -0.3 is 0 Å². The Morgan fingerprint density at radius 2 is 1.84 bits per heavy atom. The number of sulfone groups is 1. The van der Waals surface area contributed by atoms with Gasteiger partial charge in [-0.15, -0.1) is 4.83 Å². The lowest BCUT2D eigenvalue weighted by atomic mass is 10.3. The van der Waals surface area contributed by atoms with Gasteiger partial charge in [0.2, 0.25) is 0 Å². The fraction of sp³-hybridized carbons (Fsp3) is 0.400. The number of hydrogen-bond acceptors (Lipinski definition) is 5. The highest BCUT2D eigenvalue weighted by atomic mass is 32.2. The zero-order valence-corrected chi connectivity index (χ0v) is 11.5. The van der Waals surface area contributed by atoms with Crippen molar-refractivity contribution in [2.45, 2.75) is 17.4 Å². The number of halogens is 1. The molecule has 0 radical (unpaired) electrons. The maximum Gasteiger partial charge on any atom is 0.253 e. The van der Waals surface area contributed by atoms with E-state index in [4.69, 9.17) is 0 Å². The average Bonchev–Trinajstić information content (AvgIpc) is 2.67. The van der Waals surface area contributed by atoms with Crippen LogP contribution < -0.4 is 10.3 Å². The van der Waals surface area contributed by atoms with Crippen LogP contribution in [-0.4, -0.2) is 34.4 Å². The first-order valence-corrected chi connectivity index (χ1v) is 8.82. The smallest absolute Gasteiger partial charge is 0.240 e. The largest absolute Gasteiger partial charge is 0.253 e. The molecule has 0 amide bonds. The molecule has 1 aromatic rings. The van der Waals surface area contributed by atoms with Crippen LogP contribution in [0.4, 0.5) is 4.39 Å². The van der Waals surface area contributed by atoms with Gasteiger partial charge in [-0.25, -0.2) is 26.7 Å². The van der Waals surface area contributed by atoms with Gasteiger partial charge >= 0.3 is 0 Å². The zero-order chi connectivity index (χ0) is 14.1. The SMILES string of the molecule is O=S1(=O)CC[C@@H](NNS(=O)(=O)c2ccc(F)cc2)C1. The van der Waals surface area contributed by atoms with Crippen LogP contribution in [0.1, 0.15) is 6.42 Å². The minimum absolute atomic E-state index is 0.0446. The Bertz CT molecular complexity index is 655. The molecule has 2 N–H and O–H groups in total. The molecule has 0 unspecified atom stereocenters. The van der Waals surface area contributed by atoms with Gasteiger partial charge in [-0.1, -0.05) is 0 Å². The first-order valence-electron chi connectivity index (χ1n) is 5.52. The number of rotatable bonds is 4. The van der Waals surface area contributed by atoms with Gasteiger partial charge in [-0.2, -0.15) is 0 Å². The van der Waals surface area contributed by atoms with Crippen molar-refractivity contribution >= 4 is 19.9 Å². The van der Waals surface area contributed by atoms with Crippen LogP contribution in [0.2, 0.25) is 0 Å². The monoisotopic (exact) mass is 308 g/mol. The molecule has 1 aromatic carbocycles. The predicted molar refractivity (Wildman–Crippen MR) is 66.9 cm³/mol. The van der Waals surface area contributed by atoms with Gasteiger partial charge in [0.25, 0.3) is 10.0 Å². The summed E-state index contributed by atoms with van der Waals surface area (Å²) in [6.07, 6.45) is 0.355. The predicted octanol–water partition coefficient (Wildman–Crippen LogP) is -0.204. The van der Waals surface area contributed by atoms with Crippen LogP contribution in [-0.2, 0) is 19.9 Å². The van der Waals surface area contributed by atoms with E-state index < -0.39 is 31.7 Å². The fourth-order valence-electron chi connectivity index (χ4n) is 1.74. The molecule has 6 nitrogen and oxygen atoms in total. The number of nitrogens with one attached hydrogen (secondary N) is 2. The standard InChI is InChI=1S/C10H13FN2O4S2/c11-8-1-3-10(4-2-8)19(16,17)13-12-9-5-6-18(14,15)7-9/h1-4,9,12-13H,5-7H2/t9-/m1/s1. The second-order valence-corrected chi connectivity index (χ2v) is 8.21. The molecule has 1 fully saturated rings. The van der Waals surface area contributed by atoms with Crippen LogP contribution in [0, 0.1) is 5.82 Å². The number of benzene rings is 1. The molecule has 19 heavy (non-hydrogen) atoms. The van der Waals surface area contributed by atoms with Crippen LogP contribution in [0.3, 0.4) is 0 Å². The summed E-state index contributed by atoms with van der Waals surface area (Å²) < 4.78 is 58.8. The van der Waals surface area contributed by atoms with E-state index in [1.807, 2.05) is 0 Å². The average molecular weight is 308 g/mol. The minimum atomic E-state index is -3.82. The molecule has 1 aliphatic heterocycles. The van der Waals surface area contributed by atoms with Crippen molar-refractivity contribution in [2.24, 2.45) is 0 Å². The summed E-state index contributed by atoms with van der Waals surface area (Å²) in [6, 6.07) is 3.89. The molecule has 1 heterocycles. The molecule has 0 aliphatic carbocycles. The Balaban J connectivity index is 2.01. The van der Waals surface area contributed by atoms with E-state index in [9.17, 15) is 21.2 Å². The van der Waals surface area contributed by atoms with Crippen LogP contribution >= 0.6 is 0 Å². The zero-order valence-electron chi connectivity index (χ0n) is 9.84. The van der Waals surface area contributed by atoms with Crippen LogP contribution in [0.25, 0.3) is 0 Å². The van der Waals surface area contributed by atoms with Crippen molar-refractivity contribution in [2.75, 3.05) is 11.5 Å². The highest BCUT2D eigenvalue weighted by Crippen LogP contribution is 2.12. The van der Waals surface area contributed by atoms with E-state index in [0.717, 1.165) is 24.3 Å². The van der Waals surface area contributed by atoms with Gasteiger partial charge in [-0.3, -0.25) is 0 Å². The lowest BCUT2D eigenvalue weighted by molar-refractivity contribution is 0.505. The number of sulfonamides is 1. The summed E-state index contributed by atoms with van der Waals surface area (Å²) in [4.78, 5) is 2.01. The summed E-state index contributed by atoms with van der Waals surface area (Å²) in [6.45, 7) is 0. The van der Waals surface area contributed by atoms with Gasteiger partial charge in [0.15, 0.2) is 9.84 Å². The van der Waals surface area contributed by atoms with Gasteiger partial charge in [0.05, 0.1) is 16.4 Å². The van der Waals surface area contributed by atoms with Crippen molar-refractivity contribution < 1.29 is 21.2 Å². The quantitative estimate of drug-likeness (QED) is 0.751. The Hall–Kier alpha value is -1.03. The Labute approximate surface area is 111 Å². The first kappa shape index (κ1) is 14.4. The topological polar surface area (TPSA) is 92.3 Å². The van der Waals surface area contributed by atoms with E-state index >= 15 is 0 Å². The molecular formula is C10H13FN2O4S2. The van der Waals surface area contributed by atoms with Crippen molar-refractivity contribution in [3.05, 3.63) is 30.1 Å². The maximum atomic E-state index is 12.7. The van der Waals surface area contributed by atoms with Crippen molar-refractivity contribution in [3.8, 4) is 0 Å². The normalized spacial score (nSPS) is 22.5. The third-order valence-corrected chi connectivity index (χ3v) is 5.80. The Morgan fingerprint density at radius 1 is 1.21 bits per heavy atom. The second-order valence-electron chi connectivity index (χ2n) is 4.30. The van der Waals surface area contributed by atoms with Crippen molar-refractivity contribution in [3.63, 3.8) is 0 Å².